The van der Waals surface area contributed by atoms with Crippen LogP contribution in [0.1, 0.15) is 12.5 Å². The molecule has 3 nitrogen and oxygen atoms in total. The van der Waals surface area contributed by atoms with Gasteiger partial charge in [0.15, 0.2) is 0 Å². The van der Waals surface area contributed by atoms with E-state index in [0.717, 1.165) is 10.5 Å². The van der Waals surface area contributed by atoms with E-state index in [-0.39, 0.29) is 6.54 Å². The van der Waals surface area contributed by atoms with Crippen molar-refractivity contribution in [2.45, 2.75) is 31.7 Å². The van der Waals surface area contributed by atoms with Crippen molar-refractivity contribution >= 4 is 5.78 Å². The quantitative estimate of drug-likeness (QED) is 0.789. The highest BCUT2D eigenvalue weighted by atomic mass is 19.4. The average Bonchev–Trinajstić information content (AvgIpc) is 3.04. The second-order valence-corrected chi connectivity index (χ2v) is 4.56. The Kier molecular flexibility index (Phi) is 3.54. The second-order valence-electron chi connectivity index (χ2n) is 4.56. The first-order valence-electron chi connectivity index (χ1n) is 5.80. The van der Waals surface area contributed by atoms with E-state index in [2.05, 4.69) is 0 Å². The number of ketones is 1. The molecule has 0 aliphatic carbocycles. The largest absolute Gasteiger partial charge is 0.497 e. The summed E-state index contributed by atoms with van der Waals surface area (Å²) in [7, 11) is 1.52. The molecule has 2 rings (SSSR count). The molecule has 0 saturated carbocycles. The van der Waals surface area contributed by atoms with E-state index in [1.54, 1.807) is 24.3 Å². The summed E-state index contributed by atoms with van der Waals surface area (Å²) in [5.74, 6) is 0.195. The van der Waals surface area contributed by atoms with Crippen molar-refractivity contribution in [2.24, 2.45) is 0 Å². The van der Waals surface area contributed by atoms with Crippen molar-refractivity contribution in [3.05, 3.63) is 29.8 Å². The van der Waals surface area contributed by atoms with E-state index in [4.69, 9.17) is 4.74 Å². The third-order valence-corrected chi connectivity index (χ3v) is 3.20. The Labute approximate surface area is 109 Å². The van der Waals surface area contributed by atoms with Crippen LogP contribution in [0.15, 0.2) is 24.3 Å². The molecule has 1 saturated heterocycles. The SMILES string of the molecule is COc1ccc(CN2[C@H](C(C)=O)[C@@H]2C(F)(F)F)cc1. The van der Waals surface area contributed by atoms with Gasteiger partial charge in [-0.15, -0.1) is 0 Å². The number of rotatable bonds is 4. The number of Topliss-reactive ketones (excluding diaryl/α,β-unsaturated/α-hetero) is 1. The Morgan fingerprint density at radius 1 is 1.32 bits per heavy atom. The third-order valence-electron chi connectivity index (χ3n) is 3.20. The minimum Gasteiger partial charge on any atom is -0.497 e. The van der Waals surface area contributed by atoms with Gasteiger partial charge in [-0.1, -0.05) is 12.1 Å². The van der Waals surface area contributed by atoms with Crippen LogP contribution in [0.4, 0.5) is 13.2 Å². The lowest BCUT2D eigenvalue weighted by atomic mass is 10.2. The predicted molar refractivity (Wildman–Crippen MR) is 62.8 cm³/mol. The number of alkyl halides is 3. The maximum atomic E-state index is 12.7. The monoisotopic (exact) mass is 273 g/mol. The molecule has 1 fully saturated rings. The number of ether oxygens (including phenoxy) is 1. The highest BCUT2D eigenvalue weighted by Crippen LogP contribution is 2.42. The maximum Gasteiger partial charge on any atom is 0.406 e. The van der Waals surface area contributed by atoms with E-state index in [1.165, 1.54) is 14.0 Å². The molecule has 3 atom stereocenters. The minimum absolute atomic E-state index is 0.110. The lowest BCUT2D eigenvalue weighted by molar-refractivity contribution is -0.139. The van der Waals surface area contributed by atoms with Gasteiger partial charge in [-0.05, 0) is 24.6 Å². The Hall–Kier alpha value is -1.56. The maximum absolute atomic E-state index is 12.7. The molecule has 0 radical (unpaired) electrons. The van der Waals surface area contributed by atoms with Gasteiger partial charge in [0, 0.05) is 6.54 Å². The van der Waals surface area contributed by atoms with Crippen molar-refractivity contribution in [1.29, 1.82) is 0 Å². The van der Waals surface area contributed by atoms with Crippen molar-refractivity contribution in [3.8, 4) is 5.75 Å². The Morgan fingerprint density at radius 3 is 2.26 bits per heavy atom. The summed E-state index contributed by atoms with van der Waals surface area (Å²) in [6.07, 6.45) is -4.36. The topological polar surface area (TPSA) is 29.3 Å². The third kappa shape index (κ3) is 2.89. The van der Waals surface area contributed by atoms with Crippen molar-refractivity contribution in [3.63, 3.8) is 0 Å². The molecule has 0 bridgehead atoms. The van der Waals surface area contributed by atoms with Crippen LogP contribution in [0.25, 0.3) is 0 Å². The standard InChI is InChI=1S/C13H14F3NO2/c1-8(18)11-12(13(14,15)16)17(11)7-9-3-5-10(19-2)6-4-9/h3-6,11-12H,7H2,1-2H3/t11-,12-,17?/m1/s1. The molecule has 6 heteroatoms. The normalized spacial score (nSPS) is 26.1. The van der Waals surface area contributed by atoms with Gasteiger partial charge >= 0.3 is 6.18 Å². The molecule has 1 aromatic carbocycles. The molecule has 0 amide bonds. The van der Waals surface area contributed by atoms with Gasteiger partial charge in [-0.2, -0.15) is 13.2 Å². The van der Waals surface area contributed by atoms with Crippen LogP contribution in [0, 0.1) is 0 Å². The predicted octanol–water partition coefficient (Wildman–Crippen LogP) is 2.40. The fraction of sp³-hybridized carbons (Fsp3) is 0.462. The number of hydrogen-bond donors (Lipinski definition) is 0. The molecule has 19 heavy (non-hydrogen) atoms. The van der Waals surface area contributed by atoms with E-state index in [0.29, 0.717) is 5.75 Å². The zero-order chi connectivity index (χ0) is 14.2. The number of hydrogen-bond acceptors (Lipinski definition) is 3. The van der Waals surface area contributed by atoms with Gasteiger partial charge in [0.2, 0.25) is 0 Å². The van der Waals surface area contributed by atoms with Gasteiger partial charge in [0.05, 0.1) is 13.2 Å². The Morgan fingerprint density at radius 2 is 1.89 bits per heavy atom. The molecule has 104 valence electrons. The van der Waals surface area contributed by atoms with E-state index in [9.17, 15) is 18.0 Å². The first kappa shape index (κ1) is 13.9. The van der Waals surface area contributed by atoms with Crippen LogP contribution in [0.3, 0.4) is 0 Å². The molecule has 0 N–H and O–H groups in total. The summed E-state index contributed by atoms with van der Waals surface area (Å²) in [5.41, 5.74) is 0.721. The average molecular weight is 273 g/mol. The molecular formula is C13H14F3NO2. The summed E-state index contributed by atoms with van der Waals surface area (Å²) in [6, 6.07) is 4.08. The zero-order valence-electron chi connectivity index (χ0n) is 10.6. The first-order chi connectivity index (χ1) is 8.84. The molecule has 1 aliphatic heterocycles. The lowest BCUT2D eigenvalue weighted by Crippen LogP contribution is -2.22. The molecule has 1 aromatic rings. The summed E-state index contributed by atoms with van der Waals surface area (Å²) >= 11 is 0. The van der Waals surface area contributed by atoms with Gasteiger partial charge in [0.1, 0.15) is 17.6 Å². The van der Waals surface area contributed by atoms with E-state index in [1.807, 2.05) is 0 Å². The van der Waals surface area contributed by atoms with Crippen LogP contribution in [0.5, 0.6) is 5.75 Å². The summed E-state index contributed by atoms with van der Waals surface area (Å²) < 4.78 is 43.1. The van der Waals surface area contributed by atoms with E-state index >= 15 is 0 Å². The molecule has 1 heterocycles. The number of halogens is 3. The van der Waals surface area contributed by atoms with Gasteiger partial charge in [-0.25, -0.2) is 0 Å². The molecule has 0 aromatic heterocycles. The first-order valence-corrected chi connectivity index (χ1v) is 5.80. The van der Waals surface area contributed by atoms with Gasteiger partial charge in [0.25, 0.3) is 0 Å². The molecule has 1 unspecified atom stereocenters. The number of nitrogens with zero attached hydrogens (tertiary/aromatic N) is 1. The van der Waals surface area contributed by atoms with Crippen molar-refractivity contribution in [1.82, 2.24) is 4.90 Å². The Balaban J connectivity index is 2.08. The van der Waals surface area contributed by atoms with Crippen molar-refractivity contribution < 1.29 is 22.7 Å². The van der Waals surface area contributed by atoms with Gasteiger partial charge < -0.3 is 4.74 Å². The second kappa shape index (κ2) is 4.85. The summed E-state index contributed by atoms with van der Waals surface area (Å²) in [4.78, 5) is 12.4. The fourth-order valence-corrected chi connectivity index (χ4v) is 2.24. The zero-order valence-corrected chi connectivity index (χ0v) is 10.6. The van der Waals surface area contributed by atoms with Crippen LogP contribution >= 0.6 is 0 Å². The van der Waals surface area contributed by atoms with E-state index < -0.39 is 24.0 Å². The smallest absolute Gasteiger partial charge is 0.406 e. The molecule has 1 aliphatic rings. The molecule has 0 spiro atoms. The number of methoxy groups -OCH3 is 1. The number of carbonyl (C=O) groups is 1. The minimum atomic E-state index is -4.36. The number of carbonyl (C=O) groups excluding carboxylic acids is 1. The highest BCUT2D eigenvalue weighted by molar-refractivity contribution is 5.85. The van der Waals surface area contributed by atoms with Gasteiger partial charge in [-0.3, -0.25) is 9.69 Å². The number of benzene rings is 1. The van der Waals surface area contributed by atoms with Crippen LogP contribution < -0.4 is 4.74 Å². The van der Waals surface area contributed by atoms with Crippen molar-refractivity contribution in [2.75, 3.05) is 7.11 Å². The lowest BCUT2D eigenvalue weighted by Gasteiger charge is -2.07. The molecular weight excluding hydrogens is 259 g/mol. The van der Waals surface area contributed by atoms with Crippen LogP contribution in [0.2, 0.25) is 0 Å². The Bertz CT molecular complexity index is 470. The summed E-state index contributed by atoms with van der Waals surface area (Å²) in [6.45, 7) is 1.30. The fourth-order valence-electron chi connectivity index (χ4n) is 2.24. The van der Waals surface area contributed by atoms with Crippen LogP contribution in [-0.4, -0.2) is 36.1 Å². The summed E-state index contributed by atoms with van der Waals surface area (Å²) in [5, 5.41) is 0. The van der Waals surface area contributed by atoms with Crippen LogP contribution in [-0.2, 0) is 11.3 Å². The highest BCUT2D eigenvalue weighted by Gasteiger charge is 2.64.